The molecule has 6 heteroatoms. The summed E-state index contributed by atoms with van der Waals surface area (Å²) in [4.78, 5) is 11.9. The Labute approximate surface area is 200 Å². The molecule has 1 atom stereocenters. The van der Waals surface area contributed by atoms with Crippen LogP contribution in [0.4, 0.5) is 0 Å². The van der Waals surface area contributed by atoms with Crippen molar-refractivity contribution in [1.82, 2.24) is 0 Å². The van der Waals surface area contributed by atoms with Crippen LogP contribution in [0.3, 0.4) is 0 Å². The van der Waals surface area contributed by atoms with Gasteiger partial charge in [-0.05, 0) is 66.6 Å². The van der Waals surface area contributed by atoms with E-state index in [1.54, 1.807) is 6.92 Å². The molecule has 3 rings (SSSR count). The average molecular weight is 463 g/mol. The highest BCUT2D eigenvalue weighted by molar-refractivity contribution is 5.75. The van der Waals surface area contributed by atoms with Gasteiger partial charge in [0.15, 0.2) is 6.10 Å². The lowest BCUT2D eigenvalue weighted by atomic mass is 10.1. The number of carbonyl (C=O) groups is 1. The van der Waals surface area contributed by atoms with Crippen LogP contribution in [0.15, 0.2) is 91.0 Å². The van der Waals surface area contributed by atoms with Crippen molar-refractivity contribution in [3.8, 4) is 23.0 Å². The summed E-state index contributed by atoms with van der Waals surface area (Å²) >= 11 is 0. The fourth-order valence-corrected chi connectivity index (χ4v) is 3.07. The van der Waals surface area contributed by atoms with Gasteiger partial charge in [-0.25, -0.2) is 4.79 Å². The van der Waals surface area contributed by atoms with Crippen LogP contribution >= 0.6 is 0 Å². The van der Waals surface area contributed by atoms with Crippen molar-refractivity contribution in [2.24, 2.45) is 0 Å². The Morgan fingerprint density at radius 3 is 1.88 bits per heavy atom. The number of carbonyl (C=O) groups excluding carboxylic acids is 1. The lowest BCUT2D eigenvalue weighted by Gasteiger charge is -2.14. The van der Waals surface area contributed by atoms with E-state index >= 15 is 0 Å². The molecule has 0 spiro atoms. The molecule has 0 heterocycles. The number of rotatable bonds is 13. The molecule has 0 unspecified atom stereocenters. The second-order valence-electron chi connectivity index (χ2n) is 7.54. The fourth-order valence-electron chi connectivity index (χ4n) is 3.07. The third-order valence-corrected chi connectivity index (χ3v) is 4.87. The molecule has 0 bridgehead atoms. The van der Waals surface area contributed by atoms with Crippen molar-refractivity contribution in [2.45, 2.75) is 19.4 Å². The lowest BCUT2D eigenvalue weighted by molar-refractivity contribution is -0.154. The molecule has 0 N–H and O–H groups in total. The van der Waals surface area contributed by atoms with Crippen LogP contribution in [-0.4, -0.2) is 39.0 Å². The van der Waals surface area contributed by atoms with Crippen molar-refractivity contribution in [3.63, 3.8) is 0 Å². The molecular formula is C28H30O6. The zero-order valence-corrected chi connectivity index (χ0v) is 19.6. The average Bonchev–Trinajstić information content (AvgIpc) is 2.87. The topological polar surface area (TPSA) is 63.2 Å². The molecule has 178 valence electrons. The molecule has 0 saturated carbocycles. The van der Waals surface area contributed by atoms with Gasteiger partial charge in [0, 0.05) is 13.5 Å². The molecule has 3 aromatic carbocycles. The van der Waals surface area contributed by atoms with Gasteiger partial charge in [-0.1, -0.05) is 36.9 Å². The molecule has 34 heavy (non-hydrogen) atoms. The van der Waals surface area contributed by atoms with Crippen LogP contribution in [0, 0.1) is 0 Å². The minimum absolute atomic E-state index is 0.326. The van der Waals surface area contributed by atoms with Crippen LogP contribution in [-0.2, 0) is 20.7 Å². The predicted octanol–water partition coefficient (Wildman–Crippen LogP) is 5.61. The first-order valence-electron chi connectivity index (χ1n) is 11.1. The molecule has 3 aromatic rings. The Morgan fingerprint density at radius 1 is 0.794 bits per heavy atom. The zero-order valence-electron chi connectivity index (χ0n) is 19.6. The summed E-state index contributed by atoms with van der Waals surface area (Å²) in [6.07, 6.45) is -0.187. The maximum atomic E-state index is 11.9. The van der Waals surface area contributed by atoms with Gasteiger partial charge in [-0.3, -0.25) is 0 Å². The molecule has 0 fully saturated rings. The first-order chi connectivity index (χ1) is 16.6. The van der Waals surface area contributed by atoms with E-state index in [4.69, 9.17) is 23.7 Å². The van der Waals surface area contributed by atoms with Crippen molar-refractivity contribution >= 4 is 5.97 Å². The highest BCUT2D eigenvalue weighted by Gasteiger charge is 2.19. The summed E-state index contributed by atoms with van der Waals surface area (Å²) in [6.45, 7) is 6.79. The lowest BCUT2D eigenvalue weighted by Crippen LogP contribution is -2.27. The van der Waals surface area contributed by atoms with Gasteiger partial charge >= 0.3 is 5.97 Å². The zero-order chi connectivity index (χ0) is 24.2. The Bertz CT molecular complexity index is 1030. The summed E-state index contributed by atoms with van der Waals surface area (Å²) in [5, 5.41) is 0. The van der Waals surface area contributed by atoms with E-state index < -0.39 is 6.10 Å². The molecule has 0 aliphatic rings. The van der Waals surface area contributed by atoms with Gasteiger partial charge in [0.05, 0.1) is 6.61 Å². The third kappa shape index (κ3) is 7.98. The first-order valence-corrected chi connectivity index (χ1v) is 11.1. The second kappa shape index (κ2) is 13.1. The number of esters is 1. The van der Waals surface area contributed by atoms with Crippen LogP contribution in [0.5, 0.6) is 23.0 Å². The van der Waals surface area contributed by atoms with Gasteiger partial charge in [-0.15, -0.1) is 0 Å². The Kier molecular flexibility index (Phi) is 9.55. The normalized spacial score (nSPS) is 11.4. The predicted molar refractivity (Wildman–Crippen MR) is 131 cm³/mol. The Hall–Kier alpha value is -3.77. The standard InChI is InChI=1S/C28H30O6/c1-4-31-28(29)27(30-3)18-22-10-12-23(13-11-22)32-19-21(2)20-33-24-14-16-26(17-15-24)34-25-8-6-5-7-9-25/h5-17,27H,2,4,18-20H2,1,3H3/t27-/m0/s1. The molecule has 0 amide bonds. The van der Waals surface area contributed by atoms with E-state index in [1.165, 1.54) is 7.11 Å². The van der Waals surface area contributed by atoms with Gasteiger partial charge in [0.2, 0.25) is 0 Å². The van der Waals surface area contributed by atoms with Crippen molar-refractivity contribution in [3.05, 3.63) is 96.6 Å². The molecule has 0 aliphatic heterocycles. The summed E-state index contributed by atoms with van der Waals surface area (Å²) in [5.74, 6) is 2.59. The van der Waals surface area contributed by atoms with Gasteiger partial charge in [0.25, 0.3) is 0 Å². The fraction of sp³-hybridized carbons (Fsp3) is 0.250. The smallest absolute Gasteiger partial charge is 0.335 e. The third-order valence-electron chi connectivity index (χ3n) is 4.87. The molecule has 0 saturated heterocycles. The SMILES string of the molecule is C=C(COc1ccc(C[C@H](OC)C(=O)OCC)cc1)COc1ccc(Oc2ccccc2)cc1. The molecule has 0 aliphatic carbocycles. The number of hydrogen-bond acceptors (Lipinski definition) is 6. The second-order valence-corrected chi connectivity index (χ2v) is 7.54. The maximum Gasteiger partial charge on any atom is 0.335 e. The Morgan fingerprint density at radius 2 is 1.32 bits per heavy atom. The van der Waals surface area contributed by atoms with Gasteiger partial charge < -0.3 is 23.7 Å². The number of para-hydroxylation sites is 1. The highest BCUT2D eigenvalue weighted by Crippen LogP contribution is 2.24. The molecule has 0 radical (unpaired) electrons. The van der Waals surface area contributed by atoms with E-state index in [1.807, 2.05) is 78.9 Å². The van der Waals surface area contributed by atoms with Gasteiger partial charge in [-0.2, -0.15) is 0 Å². The first kappa shape index (κ1) is 24.9. The largest absolute Gasteiger partial charge is 0.489 e. The highest BCUT2D eigenvalue weighted by atomic mass is 16.6. The number of hydrogen-bond donors (Lipinski definition) is 0. The molecule has 0 aromatic heterocycles. The van der Waals surface area contributed by atoms with Crippen molar-refractivity contribution in [1.29, 1.82) is 0 Å². The summed E-state index contributed by atoms with van der Waals surface area (Å²) in [6, 6.07) is 24.6. The number of ether oxygens (including phenoxy) is 5. The van der Waals surface area contributed by atoms with Crippen molar-refractivity contribution in [2.75, 3.05) is 26.9 Å². The molecule has 6 nitrogen and oxygen atoms in total. The van der Waals surface area contributed by atoms with E-state index in [9.17, 15) is 4.79 Å². The van der Waals surface area contributed by atoms with E-state index in [-0.39, 0.29) is 5.97 Å². The summed E-state index contributed by atoms with van der Waals surface area (Å²) < 4.78 is 27.6. The summed E-state index contributed by atoms with van der Waals surface area (Å²) in [5.41, 5.74) is 1.75. The van der Waals surface area contributed by atoms with E-state index in [0.717, 1.165) is 28.4 Å². The van der Waals surface area contributed by atoms with E-state index in [2.05, 4.69) is 6.58 Å². The minimum Gasteiger partial charge on any atom is -0.489 e. The Balaban J connectivity index is 1.40. The minimum atomic E-state index is -0.623. The van der Waals surface area contributed by atoms with Crippen LogP contribution in [0.25, 0.3) is 0 Å². The molecular weight excluding hydrogens is 432 g/mol. The monoisotopic (exact) mass is 462 g/mol. The van der Waals surface area contributed by atoms with Crippen molar-refractivity contribution < 1.29 is 28.5 Å². The van der Waals surface area contributed by atoms with Crippen LogP contribution < -0.4 is 14.2 Å². The summed E-state index contributed by atoms with van der Waals surface area (Å²) in [7, 11) is 1.50. The maximum absolute atomic E-state index is 11.9. The number of benzene rings is 3. The quantitative estimate of drug-likeness (QED) is 0.243. The number of methoxy groups -OCH3 is 1. The van der Waals surface area contributed by atoms with Crippen LogP contribution in [0.1, 0.15) is 12.5 Å². The van der Waals surface area contributed by atoms with Gasteiger partial charge in [0.1, 0.15) is 36.2 Å². The van der Waals surface area contributed by atoms with Crippen LogP contribution in [0.2, 0.25) is 0 Å². The van der Waals surface area contributed by atoms with E-state index in [0.29, 0.717) is 32.0 Å².